The van der Waals surface area contributed by atoms with E-state index in [2.05, 4.69) is 5.32 Å². The van der Waals surface area contributed by atoms with Gasteiger partial charge in [-0.1, -0.05) is 54.4 Å². The fourth-order valence-electron chi connectivity index (χ4n) is 2.20. The van der Waals surface area contributed by atoms with Gasteiger partial charge in [-0.05, 0) is 42.3 Å². The maximum absolute atomic E-state index is 13.4. The van der Waals surface area contributed by atoms with Crippen LogP contribution in [0.1, 0.15) is 24.1 Å². The molecule has 1 nitrogen and oxygen atoms in total. The Morgan fingerprint density at radius 1 is 1.15 bits per heavy atom. The summed E-state index contributed by atoms with van der Waals surface area (Å²) in [5.74, 6) is -0.234. The van der Waals surface area contributed by atoms with Crippen molar-refractivity contribution in [2.24, 2.45) is 0 Å². The summed E-state index contributed by atoms with van der Waals surface area (Å²) in [6, 6.07) is 12.2. The van der Waals surface area contributed by atoms with Gasteiger partial charge in [0.25, 0.3) is 0 Å². The molecule has 0 heterocycles. The molecule has 0 aromatic heterocycles. The van der Waals surface area contributed by atoms with E-state index in [0.717, 1.165) is 17.7 Å². The van der Waals surface area contributed by atoms with Gasteiger partial charge < -0.3 is 5.32 Å². The third-order valence-corrected chi connectivity index (χ3v) is 4.02. The molecule has 4 heteroatoms. The highest BCUT2D eigenvalue weighted by molar-refractivity contribution is 6.42. The summed E-state index contributed by atoms with van der Waals surface area (Å²) < 4.78 is 13.4. The van der Waals surface area contributed by atoms with Gasteiger partial charge in [0.2, 0.25) is 0 Å². The molecule has 2 aromatic rings. The van der Waals surface area contributed by atoms with Crippen molar-refractivity contribution in [2.75, 3.05) is 6.54 Å². The maximum Gasteiger partial charge on any atom is 0.123 e. The minimum atomic E-state index is -0.234. The van der Waals surface area contributed by atoms with Crippen LogP contribution in [-0.2, 0) is 6.42 Å². The van der Waals surface area contributed by atoms with Crippen LogP contribution in [0.2, 0.25) is 10.0 Å². The molecule has 20 heavy (non-hydrogen) atoms. The highest BCUT2D eigenvalue weighted by atomic mass is 35.5. The Kier molecular flexibility index (Phi) is 5.41. The van der Waals surface area contributed by atoms with Gasteiger partial charge in [0.05, 0.1) is 10.0 Å². The van der Waals surface area contributed by atoms with Crippen LogP contribution >= 0.6 is 23.2 Å². The second kappa shape index (κ2) is 7.07. The van der Waals surface area contributed by atoms with Crippen molar-refractivity contribution in [1.29, 1.82) is 0 Å². The van der Waals surface area contributed by atoms with Crippen LogP contribution in [0, 0.1) is 5.82 Å². The van der Waals surface area contributed by atoms with Crippen molar-refractivity contribution in [1.82, 2.24) is 5.32 Å². The molecule has 2 rings (SSSR count). The summed E-state index contributed by atoms with van der Waals surface area (Å²) >= 11 is 12.3. The SMILES string of the molecule is CCNC(Cc1cccc(Cl)c1Cl)c1cccc(F)c1. The molecule has 0 fully saturated rings. The average molecular weight is 312 g/mol. The Hall–Kier alpha value is -1.09. The third kappa shape index (κ3) is 3.72. The van der Waals surface area contributed by atoms with E-state index < -0.39 is 0 Å². The predicted molar refractivity (Wildman–Crippen MR) is 83.0 cm³/mol. The summed E-state index contributed by atoms with van der Waals surface area (Å²) in [4.78, 5) is 0. The van der Waals surface area contributed by atoms with Crippen molar-refractivity contribution >= 4 is 23.2 Å². The van der Waals surface area contributed by atoms with Gasteiger partial charge in [-0.15, -0.1) is 0 Å². The fourth-order valence-corrected chi connectivity index (χ4v) is 2.60. The van der Waals surface area contributed by atoms with Crippen LogP contribution in [0.4, 0.5) is 4.39 Å². The monoisotopic (exact) mass is 311 g/mol. The first kappa shape index (κ1) is 15.3. The van der Waals surface area contributed by atoms with Crippen LogP contribution in [0.5, 0.6) is 0 Å². The fraction of sp³-hybridized carbons (Fsp3) is 0.250. The van der Waals surface area contributed by atoms with Crippen molar-refractivity contribution in [3.63, 3.8) is 0 Å². The summed E-state index contributed by atoms with van der Waals surface area (Å²) in [5, 5.41) is 4.46. The van der Waals surface area contributed by atoms with E-state index in [1.807, 2.05) is 25.1 Å². The number of rotatable bonds is 5. The van der Waals surface area contributed by atoms with E-state index in [1.54, 1.807) is 18.2 Å². The van der Waals surface area contributed by atoms with E-state index in [-0.39, 0.29) is 11.9 Å². The van der Waals surface area contributed by atoms with E-state index in [9.17, 15) is 4.39 Å². The first-order valence-corrected chi connectivity index (χ1v) is 7.29. The van der Waals surface area contributed by atoms with Crippen LogP contribution < -0.4 is 5.32 Å². The second-order valence-electron chi connectivity index (χ2n) is 4.58. The number of likely N-dealkylation sites (N-methyl/N-ethyl adjacent to an activating group) is 1. The molecule has 0 saturated carbocycles. The number of hydrogen-bond acceptors (Lipinski definition) is 1. The zero-order valence-electron chi connectivity index (χ0n) is 11.2. The van der Waals surface area contributed by atoms with Crippen molar-refractivity contribution in [3.05, 3.63) is 69.5 Å². The van der Waals surface area contributed by atoms with E-state index in [0.29, 0.717) is 16.5 Å². The van der Waals surface area contributed by atoms with Crippen LogP contribution in [0.15, 0.2) is 42.5 Å². The lowest BCUT2D eigenvalue weighted by molar-refractivity contribution is 0.543. The van der Waals surface area contributed by atoms with Gasteiger partial charge in [-0.25, -0.2) is 4.39 Å². The first-order valence-electron chi connectivity index (χ1n) is 6.53. The summed E-state index contributed by atoms with van der Waals surface area (Å²) in [5.41, 5.74) is 1.86. The van der Waals surface area contributed by atoms with Gasteiger partial charge in [0.1, 0.15) is 5.82 Å². The number of benzene rings is 2. The quantitative estimate of drug-likeness (QED) is 0.817. The van der Waals surface area contributed by atoms with Crippen molar-refractivity contribution in [2.45, 2.75) is 19.4 Å². The van der Waals surface area contributed by atoms with Gasteiger partial charge >= 0.3 is 0 Å². The van der Waals surface area contributed by atoms with Gasteiger partial charge in [0.15, 0.2) is 0 Å². The van der Waals surface area contributed by atoms with Gasteiger partial charge in [-0.3, -0.25) is 0 Å². The van der Waals surface area contributed by atoms with Crippen LogP contribution in [0.3, 0.4) is 0 Å². The molecule has 106 valence electrons. The lowest BCUT2D eigenvalue weighted by atomic mass is 9.98. The Bertz CT molecular complexity index is 586. The van der Waals surface area contributed by atoms with E-state index >= 15 is 0 Å². The van der Waals surface area contributed by atoms with Crippen LogP contribution in [-0.4, -0.2) is 6.54 Å². The Morgan fingerprint density at radius 3 is 2.60 bits per heavy atom. The molecule has 1 atom stereocenters. The zero-order chi connectivity index (χ0) is 14.5. The number of halogens is 3. The molecule has 0 saturated heterocycles. The first-order chi connectivity index (χ1) is 9.61. The minimum absolute atomic E-state index is 0.00617. The van der Waals surface area contributed by atoms with Crippen LogP contribution in [0.25, 0.3) is 0 Å². The molecule has 0 spiro atoms. The molecular formula is C16H16Cl2FN. The maximum atomic E-state index is 13.4. The molecule has 1 N–H and O–H groups in total. The smallest absolute Gasteiger partial charge is 0.123 e. The summed E-state index contributed by atoms with van der Waals surface area (Å²) in [6.07, 6.45) is 0.663. The molecule has 0 amide bonds. The second-order valence-corrected chi connectivity index (χ2v) is 5.37. The molecule has 2 aromatic carbocycles. The lowest BCUT2D eigenvalue weighted by Crippen LogP contribution is -2.23. The van der Waals surface area contributed by atoms with E-state index in [1.165, 1.54) is 6.07 Å². The van der Waals surface area contributed by atoms with E-state index in [4.69, 9.17) is 23.2 Å². The number of nitrogens with one attached hydrogen (secondary N) is 1. The Morgan fingerprint density at radius 2 is 1.90 bits per heavy atom. The molecular weight excluding hydrogens is 296 g/mol. The predicted octanol–water partition coefficient (Wildman–Crippen LogP) is 5.03. The topological polar surface area (TPSA) is 12.0 Å². The third-order valence-electron chi connectivity index (χ3n) is 3.16. The molecule has 0 aliphatic heterocycles. The Balaban J connectivity index is 2.28. The van der Waals surface area contributed by atoms with Crippen molar-refractivity contribution < 1.29 is 4.39 Å². The zero-order valence-corrected chi connectivity index (χ0v) is 12.7. The molecule has 0 aliphatic carbocycles. The molecule has 0 radical (unpaired) electrons. The molecule has 0 bridgehead atoms. The van der Waals surface area contributed by atoms with Gasteiger partial charge in [0, 0.05) is 6.04 Å². The highest BCUT2D eigenvalue weighted by Crippen LogP contribution is 2.29. The average Bonchev–Trinajstić information content (AvgIpc) is 2.43. The lowest BCUT2D eigenvalue weighted by Gasteiger charge is -2.19. The summed E-state index contributed by atoms with van der Waals surface area (Å²) in [7, 11) is 0. The van der Waals surface area contributed by atoms with Crippen molar-refractivity contribution in [3.8, 4) is 0 Å². The highest BCUT2D eigenvalue weighted by Gasteiger charge is 2.14. The Labute approximate surface area is 128 Å². The molecule has 0 aliphatic rings. The summed E-state index contributed by atoms with van der Waals surface area (Å²) in [6.45, 7) is 2.81. The minimum Gasteiger partial charge on any atom is -0.310 e. The largest absolute Gasteiger partial charge is 0.310 e. The standard InChI is InChI=1S/C16H16Cl2FN/c1-2-20-15(11-5-3-7-13(19)9-11)10-12-6-4-8-14(17)16(12)18/h3-9,15,20H,2,10H2,1H3. The van der Waals surface area contributed by atoms with Gasteiger partial charge in [-0.2, -0.15) is 0 Å². The normalized spacial score (nSPS) is 12.4. The number of hydrogen-bond donors (Lipinski definition) is 1. The molecule has 1 unspecified atom stereocenters.